The highest BCUT2D eigenvalue weighted by atomic mass is 14.7. The van der Waals surface area contributed by atoms with Gasteiger partial charge in [-0.25, -0.2) is 0 Å². The van der Waals surface area contributed by atoms with Crippen LogP contribution >= 0.6 is 0 Å². The zero-order valence-electron chi connectivity index (χ0n) is 15.8. The summed E-state index contributed by atoms with van der Waals surface area (Å²) in [7, 11) is 0. The van der Waals surface area contributed by atoms with Gasteiger partial charge in [-0.2, -0.15) is 0 Å². The molecule has 0 spiro atoms. The van der Waals surface area contributed by atoms with Crippen LogP contribution in [0.4, 0.5) is 0 Å². The first kappa shape index (κ1) is 16.4. The Morgan fingerprint density at radius 2 is 1.74 bits per heavy atom. The maximum Gasteiger partial charge on any atom is 0.00440 e. The van der Waals surface area contributed by atoms with E-state index in [-0.39, 0.29) is 0 Å². The molecule has 1 nitrogen and oxygen atoms in total. The van der Waals surface area contributed by atoms with Crippen molar-refractivity contribution in [3.05, 3.63) is 0 Å². The molecule has 0 radical (unpaired) electrons. The molecule has 4 aliphatic carbocycles. The van der Waals surface area contributed by atoms with Gasteiger partial charge in [0.15, 0.2) is 0 Å². The van der Waals surface area contributed by atoms with E-state index in [1.54, 1.807) is 25.7 Å². The highest BCUT2D eigenvalue weighted by Crippen LogP contribution is 2.64. The van der Waals surface area contributed by atoms with Crippen molar-refractivity contribution in [2.45, 2.75) is 91.0 Å². The van der Waals surface area contributed by atoms with Crippen LogP contribution in [0.25, 0.3) is 0 Å². The molecule has 0 heterocycles. The van der Waals surface area contributed by atoms with Crippen LogP contribution in [-0.2, 0) is 0 Å². The van der Waals surface area contributed by atoms with Crippen molar-refractivity contribution in [3.8, 4) is 0 Å². The number of rotatable bonds is 2. The summed E-state index contributed by atoms with van der Waals surface area (Å²) in [6.07, 6.45) is 15.1. The van der Waals surface area contributed by atoms with Gasteiger partial charge in [-0.1, -0.05) is 26.7 Å². The third-order valence-electron chi connectivity index (χ3n) is 9.35. The van der Waals surface area contributed by atoms with Crippen LogP contribution in [0.15, 0.2) is 0 Å². The number of fused-ring (bicyclic) bond motifs is 5. The van der Waals surface area contributed by atoms with Gasteiger partial charge in [0.1, 0.15) is 0 Å². The van der Waals surface area contributed by atoms with Gasteiger partial charge in [0.2, 0.25) is 0 Å². The van der Waals surface area contributed by atoms with E-state index < -0.39 is 0 Å². The van der Waals surface area contributed by atoms with Gasteiger partial charge >= 0.3 is 0 Å². The van der Waals surface area contributed by atoms with Crippen LogP contribution < -0.4 is 5.73 Å². The molecule has 4 rings (SSSR count). The largest absolute Gasteiger partial charge is 0.328 e. The second-order valence-corrected chi connectivity index (χ2v) is 10.1. The normalized spacial score (nSPS) is 54.0. The maximum atomic E-state index is 6.39. The summed E-state index contributed by atoms with van der Waals surface area (Å²) in [5.41, 5.74) is 6.97. The minimum atomic E-state index is 0.401. The molecule has 0 aromatic carbocycles. The highest BCUT2D eigenvalue weighted by molar-refractivity contribution is 5.07. The second kappa shape index (κ2) is 6.04. The molecule has 132 valence electrons. The molecule has 0 aliphatic heterocycles. The van der Waals surface area contributed by atoms with E-state index >= 15 is 0 Å². The number of hydrogen-bond acceptors (Lipinski definition) is 1. The fourth-order valence-corrected chi connectivity index (χ4v) is 8.23. The molecule has 23 heavy (non-hydrogen) atoms. The molecular weight excluding hydrogens is 278 g/mol. The Bertz CT molecular complexity index is 430. The van der Waals surface area contributed by atoms with E-state index in [4.69, 9.17) is 5.73 Å². The Hall–Kier alpha value is -0.0400. The Morgan fingerprint density at radius 3 is 2.48 bits per heavy atom. The predicted molar refractivity (Wildman–Crippen MR) is 98.0 cm³/mol. The SMILES string of the molecule is CCC1CCC2C(CCC3C2CCC2(C)C(C(C)N)CCC32)C1. The lowest BCUT2D eigenvalue weighted by Gasteiger charge is -2.56. The predicted octanol–water partition coefficient (Wildman–Crippen LogP) is 5.63. The first-order chi connectivity index (χ1) is 11.0. The van der Waals surface area contributed by atoms with Crippen molar-refractivity contribution in [2.24, 2.45) is 52.6 Å². The van der Waals surface area contributed by atoms with Gasteiger partial charge in [0, 0.05) is 6.04 Å². The molecule has 0 aromatic heterocycles. The lowest BCUT2D eigenvalue weighted by atomic mass is 9.49. The van der Waals surface area contributed by atoms with Crippen LogP contribution in [0.5, 0.6) is 0 Å². The summed E-state index contributed by atoms with van der Waals surface area (Å²) in [6, 6.07) is 0.401. The van der Waals surface area contributed by atoms with Crippen molar-refractivity contribution in [2.75, 3.05) is 0 Å². The first-order valence-electron chi connectivity index (χ1n) is 10.8. The van der Waals surface area contributed by atoms with Crippen LogP contribution in [0.1, 0.15) is 85.0 Å². The first-order valence-corrected chi connectivity index (χ1v) is 10.8. The Balaban J connectivity index is 1.52. The van der Waals surface area contributed by atoms with Gasteiger partial charge in [0.05, 0.1) is 0 Å². The minimum absolute atomic E-state index is 0.401. The number of nitrogens with two attached hydrogens (primary N) is 1. The summed E-state index contributed by atoms with van der Waals surface area (Å²) in [6.45, 7) is 7.30. The van der Waals surface area contributed by atoms with Gasteiger partial charge in [-0.3, -0.25) is 0 Å². The van der Waals surface area contributed by atoms with E-state index in [0.717, 1.165) is 41.4 Å². The molecular formula is C22H39N. The second-order valence-electron chi connectivity index (χ2n) is 10.1. The summed E-state index contributed by atoms with van der Waals surface area (Å²) < 4.78 is 0. The lowest BCUT2D eigenvalue weighted by Crippen LogP contribution is -2.50. The van der Waals surface area contributed by atoms with Gasteiger partial charge < -0.3 is 5.73 Å². The Morgan fingerprint density at radius 1 is 0.957 bits per heavy atom. The van der Waals surface area contributed by atoms with Crippen LogP contribution in [0, 0.1) is 46.8 Å². The van der Waals surface area contributed by atoms with E-state index in [1.165, 1.54) is 38.5 Å². The fraction of sp³-hybridized carbons (Fsp3) is 1.00. The monoisotopic (exact) mass is 317 g/mol. The maximum absolute atomic E-state index is 6.39. The van der Waals surface area contributed by atoms with Crippen molar-refractivity contribution in [1.82, 2.24) is 0 Å². The zero-order chi connectivity index (χ0) is 16.2. The van der Waals surface area contributed by atoms with E-state index in [0.29, 0.717) is 11.5 Å². The van der Waals surface area contributed by atoms with Crippen molar-refractivity contribution in [1.29, 1.82) is 0 Å². The summed E-state index contributed by atoms with van der Waals surface area (Å²) in [5.74, 6) is 7.16. The summed E-state index contributed by atoms with van der Waals surface area (Å²) in [4.78, 5) is 0. The van der Waals surface area contributed by atoms with Crippen molar-refractivity contribution < 1.29 is 0 Å². The highest BCUT2D eigenvalue weighted by Gasteiger charge is 2.57. The molecule has 1 heteroatoms. The molecule has 0 amide bonds. The van der Waals surface area contributed by atoms with Gasteiger partial charge in [-0.15, -0.1) is 0 Å². The standard InChI is InChI=1S/C22H39N/c1-4-15-5-7-17-16(13-15)6-8-19-18(17)11-12-22(3)20(14(2)23)9-10-21(19)22/h14-21H,4-13,23H2,1-3H3. The third kappa shape index (κ3) is 2.52. The fourth-order valence-electron chi connectivity index (χ4n) is 8.23. The zero-order valence-corrected chi connectivity index (χ0v) is 15.8. The molecule has 2 N–H and O–H groups in total. The summed E-state index contributed by atoms with van der Waals surface area (Å²) in [5, 5.41) is 0. The molecule has 0 aromatic rings. The Labute approximate surface area is 144 Å². The molecule has 4 saturated carbocycles. The lowest BCUT2D eigenvalue weighted by molar-refractivity contribution is -0.0700. The van der Waals surface area contributed by atoms with Gasteiger partial charge in [0.25, 0.3) is 0 Å². The minimum Gasteiger partial charge on any atom is -0.328 e. The average molecular weight is 318 g/mol. The van der Waals surface area contributed by atoms with Crippen molar-refractivity contribution in [3.63, 3.8) is 0 Å². The molecule has 9 atom stereocenters. The average Bonchev–Trinajstić information content (AvgIpc) is 2.91. The molecule has 4 aliphatic rings. The molecule has 4 fully saturated rings. The quantitative estimate of drug-likeness (QED) is 0.702. The third-order valence-corrected chi connectivity index (χ3v) is 9.35. The smallest absolute Gasteiger partial charge is 0.00440 e. The molecule has 0 bridgehead atoms. The van der Waals surface area contributed by atoms with E-state index in [2.05, 4.69) is 20.8 Å². The number of hydrogen-bond donors (Lipinski definition) is 1. The van der Waals surface area contributed by atoms with E-state index in [1.807, 2.05) is 0 Å². The van der Waals surface area contributed by atoms with Crippen LogP contribution in [0.3, 0.4) is 0 Å². The molecule has 0 saturated heterocycles. The van der Waals surface area contributed by atoms with Crippen molar-refractivity contribution >= 4 is 0 Å². The Kier molecular flexibility index (Phi) is 4.32. The summed E-state index contributed by atoms with van der Waals surface area (Å²) >= 11 is 0. The van der Waals surface area contributed by atoms with Crippen LogP contribution in [-0.4, -0.2) is 6.04 Å². The topological polar surface area (TPSA) is 26.0 Å². The van der Waals surface area contributed by atoms with Crippen LogP contribution in [0.2, 0.25) is 0 Å². The van der Waals surface area contributed by atoms with Gasteiger partial charge in [-0.05, 0) is 105 Å². The van der Waals surface area contributed by atoms with E-state index in [9.17, 15) is 0 Å². The molecule has 9 unspecified atom stereocenters.